The highest BCUT2D eigenvalue weighted by Crippen LogP contribution is 2.46. The number of hydrogen-bond donors (Lipinski definition) is 0. The number of carbonyl (C=O) groups excluding carboxylic acids is 1. The first kappa shape index (κ1) is 19.0. The monoisotopic (exact) mass is 414 g/mol. The number of fused-ring (bicyclic) bond motifs is 3. The zero-order chi connectivity index (χ0) is 21.7. The fourth-order valence-electron chi connectivity index (χ4n) is 3.89. The smallest absolute Gasteiger partial charge is 0.231 e. The maximum Gasteiger partial charge on any atom is 0.231 e. The van der Waals surface area contributed by atoms with Crippen LogP contribution in [0.15, 0.2) is 83.5 Å². The van der Waals surface area contributed by atoms with Gasteiger partial charge in [0, 0.05) is 17.2 Å². The molecule has 0 spiro atoms. The zero-order valence-corrected chi connectivity index (χ0v) is 16.5. The highest BCUT2D eigenvalue weighted by Gasteiger charge is 2.29. The first-order valence-corrected chi connectivity index (χ1v) is 9.64. The molecule has 5 heteroatoms. The van der Waals surface area contributed by atoms with E-state index in [2.05, 4.69) is 6.58 Å². The van der Waals surface area contributed by atoms with Crippen LogP contribution in [0, 0.1) is 11.6 Å². The van der Waals surface area contributed by atoms with Crippen LogP contribution < -0.4 is 4.74 Å². The molecule has 5 rings (SSSR count). The number of ether oxygens (including phenoxy) is 1. The molecule has 3 nitrogen and oxygen atoms in total. The van der Waals surface area contributed by atoms with E-state index >= 15 is 0 Å². The van der Waals surface area contributed by atoms with Gasteiger partial charge in [0.25, 0.3) is 0 Å². The van der Waals surface area contributed by atoms with Crippen molar-refractivity contribution in [2.75, 3.05) is 0 Å². The van der Waals surface area contributed by atoms with Crippen LogP contribution in [-0.2, 0) is 0 Å². The number of carbonyl (C=O) groups is 1. The Balaban J connectivity index is 1.84. The Morgan fingerprint density at radius 2 is 1.77 bits per heavy atom. The van der Waals surface area contributed by atoms with Crippen LogP contribution in [0.1, 0.15) is 28.6 Å². The largest absolute Gasteiger partial charge is 0.457 e. The number of hydrogen-bond acceptors (Lipinski definition) is 3. The molecule has 4 aromatic rings. The maximum atomic E-state index is 14.4. The first-order valence-electron chi connectivity index (χ1n) is 9.64. The van der Waals surface area contributed by atoms with Crippen molar-refractivity contribution in [1.82, 2.24) is 0 Å². The van der Waals surface area contributed by atoms with Gasteiger partial charge in [-0.05, 0) is 48.4 Å². The molecule has 0 N–H and O–H groups in total. The predicted octanol–water partition coefficient (Wildman–Crippen LogP) is 6.92. The van der Waals surface area contributed by atoms with E-state index in [0.29, 0.717) is 39.7 Å². The molecule has 3 aromatic carbocycles. The second-order valence-corrected chi connectivity index (χ2v) is 7.34. The molecule has 0 saturated heterocycles. The zero-order valence-electron chi connectivity index (χ0n) is 16.5. The summed E-state index contributed by atoms with van der Waals surface area (Å²) in [4.78, 5) is 13.3. The lowest BCUT2D eigenvalue weighted by atomic mass is 9.94. The van der Waals surface area contributed by atoms with E-state index in [4.69, 9.17) is 9.15 Å². The van der Waals surface area contributed by atoms with Crippen LogP contribution in [0.4, 0.5) is 8.78 Å². The summed E-state index contributed by atoms with van der Waals surface area (Å²) in [6, 6.07) is 15.6. The van der Waals surface area contributed by atoms with Crippen LogP contribution in [0.5, 0.6) is 5.75 Å². The van der Waals surface area contributed by atoms with Crippen LogP contribution in [0.2, 0.25) is 0 Å². The minimum absolute atomic E-state index is 0.0403. The van der Waals surface area contributed by atoms with Gasteiger partial charge in [-0.3, -0.25) is 4.79 Å². The van der Waals surface area contributed by atoms with Crippen molar-refractivity contribution in [2.24, 2.45) is 0 Å². The SMILES string of the molecule is C=C1C=C(C)c2ccc3oc(C(=O)c4ccc(F)cc4F)c(-c4ccccc4)c3c2O1. The molecule has 0 bridgehead atoms. The Bertz CT molecular complexity index is 1410. The summed E-state index contributed by atoms with van der Waals surface area (Å²) in [5, 5.41) is 0.600. The molecule has 0 aliphatic carbocycles. The molecular formula is C26H16F2O3. The third kappa shape index (κ3) is 3.06. The predicted molar refractivity (Wildman–Crippen MR) is 115 cm³/mol. The first-order chi connectivity index (χ1) is 14.9. The molecule has 1 aromatic heterocycles. The molecule has 0 fully saturated rings. The van der Waals surface area contributed by atoms with Gasteiger partial charge in [-0.1, -0.05) is 36.9 Å². The van der Waals surface area contributed by atoms with Crippen LogP contribution in [0.25, 0.3) is 27.7 Å². The molecular weight excluding hydrogens is 398 g/mol. The number of ketones is 1. The molecule has 31 heavy (non-hydrogen) atoms. The van der Waals surface area contributed by atoms with Crippen molar-refractivity contribution in [3.05, 3.63) is 108 Å². The number of allylic oxidation sites excluding steroid dienone is 2. The Labute approximate surface area is 176 Å². The molecule has 2 heterocycles. The van der Waals surface area contributed by atoms with Crippen molar-refractivity contribution in [2.45, 2.75) is 6.92 Å². The van der Waals surface area contributed by atoms with Gasteiger partial charge in [-0.15, -0.1) is 0 Å². The van der Waals surface area contributed by atoms with Crippen molar-refractivity contribution >= 4 is 22.3 Å². The maximum absolute atomic E-state index is 14.4. The summed E-state index contributed by atoms with van der Waals surface area (Å²) in [6.07, 6.45) is 1.83. The van der Waals surface area contributed by atoms with Crippen molar-refractivity contribution in [3.8, 4) is 16.9 Å². The van der Waals surface area contributed by atoms with Gasteiger partial charge in [0.05, 0.1) is 10.9 Å². The summed E-state index contributed by atoms with van der Waals surface area (Å²) in [5.74, 6) is -1.43. The summed E-state index contributed by atoms with van der Waals surface area (Å²) in [6.45, 7) is 5.85. The van der Waals surface area contributed by atoms with Gasteiger partial charge in [-0.2, -0.15) is 0 Å². The lowest BCUT2D eigenvalue weighted by Gasteiger charge is -2.18. The van der Waals surface area contributed by atoms with Gasteiger partial charge >= 0.3 is 0 Å². The van der Waals surface area contributed by atoms with E-state index in [0.717, 1.165) is 23.3 Å². The van der Waals surface area contributed by atoms with Crippen molar-refractivity contribution < 1.29 is 22.7 Å². The molecule has 152 valence electrons. The molecule has 0 radical (unpaired) electrons. The summed E-state index contributed by atoms with van der Waals surface area (Å²) < 4.78 is 39.7. The van der Waals surface area contributed by atoms with Crippen LogP contribution in [0.3, 0.4) is 0 Å². The number of benzene rings is 3. The summed E-state index contributed by atoms with van der Waals surface area (Å²) >= 11 is 0. The van der Waals surface area contributed by atoms with Gasteiger partial charge < -0.3 is 9.15 Å². The normalized spacial score (nSPS) is 13.0. The van der Waals surface area contributed by atoms with E-state index < -0.39 is 17.4 Å². The molecule has 0 amide bonds. The topological polar surface area (TPSA) is 39.4 Å². The molecule has 0 saturated carbocycles. The van der Waals surface area contributed by atoms with Gasteiger partial charge in [0.15, 0.2) is 5.76 Å². The van der Waals surface area contributed by atoms with E-state index in [1.807, 2.05) is 49.4 Å². The lowest BCUT2D eigenvalue weighted by molar-refractivity contribution is 0.101. The minimum Gasteiger partial charge on any atom is -0.457 e. The van der Waals surface area contributed by atoms with Crippen molar-refractivity contribution in [1.29, 1.82) is 0 Å². The fraction of sp³-hybridized carbons (Fsp3) is 0.0385. The summed E-state index contributed by atoms with van der Waals surface area (Å²) in [7, 11) is 0. The Kier molecular flexibility index (Phi) is 4.33. The van der Waals surface area contributed by atoms with E-state index in [-0.39, 0.29) is 11.3 Å². The Morgan fingerprint density at radius 1 is 1.00 bits per heavy atom. The molecule has 0 atom stereocenters. The second-order valence-electron chi connectivity index (χ2n) is 7.34. The molecule has 1 aliphatic heterocycles. The van der Waals surface area contributed by atoms with Crippen LogP contribution >= 0.6 is 0 Å². The fourth-order valence-corrected chi connectivity index (χ4v) is 3.89. The second kappa shape index (κ2) is 7.06. The van der Waals surface area contributed by atoms with Crippen LogP contribution in [-0.4, -0.2) is 5.78 Å². The average molecular weight is 414 g/mol. The highest BCUT2D eigenvalue weighted by atomic mass is 19.1. The number of halogens is 2. The standard InChI is InChI=1S/C26H16F2O3/c1-14-12-15(2)30-25-18(14)10-11-21-23(25)22(16-6-4-3-5-7-16)26(31-21)24(29)19-9-8-17(27)13-20(19)28/h3-13H,2H2,1H3. The number of rotatable bonds is 3. The van der Waals surface area contributed by atoms with Gasteiger partial charge in [0.2, 0.25) is 5.78 Å². The Hall–Kier alpha value is -3.99. The van der Waals surface area contributed by atoms with Crippen molar-refractivity contribution in [3.63, 3.8) is 0 Å². The summed E-state index contributed by atoms with van der Waals surface area (Å²) in [5.41, 5.74) is 3.17. The van der Waals surface area contributed by atoms with Gasteiger partial charge in [-0.25, -0.2) is 8.78 Å². The van der Waals surface area contributed by atoms with Gasteiger partial charge in [0.1, 0.15) is 28.7 Å². The highest BCUT2D eigenvalue weighted by molar-refractivity contribution is 6.17. The van der Waals surface area contributed by atoms with E-state index in [1.165, 1.54) is 0 Å². The third-order valence-corrected chi connectivity index (χ3v) is 5.29. The minimum atomic E-state index is -0.949. The third-order valence-electron chi connectivity index (χ3n) is 5.29. The van der Waals surface area contributed by atoms with E-state index in [1.54, 1.807) is 6.07 Å². The lowest BCUT2D eigenvalue weighted by Crippen LogP contribution is -2.05. The average Bonchev–Trinajstić information content (AvgIpc) is 3.14. The molecule has 0 unspecified atom stereocenters. The van der Waals surface area contributed by atoms with E-state index in [9.17, 15) is 13.6 Å². The Morgan fingerprint density at radius 3 is 2.52 bits per heavy atom. The quantitative estimate of drug-likeness (QED) is 0.342. The molecule has 1 aliphatic rings. The number of furan rings is 1.